The van der Waals surface area contributed by atoms with Gasteiger partial charge in [0.2, 0.25) is 0 Å². The molecule has 0 radical (unpaired) electrons. The zero-order valence-corrected chi connectivity index (χ0v) is 11.0. The second kappa shape index (κ2) is 5.46. The van der Waals surface area contributed by atoms with Crippen LogP contribution in [0.25, 0.3) is 11.4 Å². The predicted molar refractivity (Wildman–Crippen MR) is 69.3 cm³/mol. The van der Waals surface area contributed by atoms with E-state index < -0.39 is 17.5 Å². The molecule has 2 aromatic rings. The third-order valence-electron chi connectivity index (χ3n) is 2.96. The highest BCUT2D eigenvalue weighted by atomic mass is 19.2. The molecule has 0 atom stereocenters. The Kier molecular flexibility index (Phi) is 3.89. The highest BCUT2D eigenvalue weighted by Crippen LogP contribution is 2.24. The van der Waals surface area contributed by atoms with E-state index in [4.69, 9.17) is 5.84 Å². The van der Waals surface area contributed by atoms with Crippen LogP contribution < -0.4 is 11.3 Å². The molecule has 0 aliphatic rings. The highest BCUT2D eigenvalue weighted by Gasteiger charge is 2.15. The lowest BCUT2D eigenvalue weighted by molar-refractivity contribution is 0.447. The fourth-order valence-electron chi connectivity index (χ4n) is 1.86. The zero-order chi connectivity index (χ0) is 14.9. The highest BCUT2D eigenvalue weighted by molar-refractivity contribution is 5.59. The van der Waals surface area contributed by atoms with Crippen molar-refractivity contribution in [2.75, 3.05) is 5.43 Å². The van der Waals surface area contributed by atoms with Crippen molar-refractivity contribution < 1.29 is 13.2 Å². The molecule has 0 spiro atoms. The molecule has 20 heavy (non-hydrogen) atoms. The van der Waals surface area contributed by atoms with Crippen molar-refractivity contribution in [1.29, 1.82) is 0 Å². The van der Waals surface area contributed by atoms with Gasteiger partial charge in [-0.1, -0.05) is 6.92 Å². The van der Waals surface area contributed by atoms with Crippen molar-refractivity contribution in [2.24, 2.45) is 5.84 Å². The summed E-state index contributed by atoms with van der Waals surface area (Å²) in [4.78, 5) is 8.30. The van der Waals surface area contributed by atoms with Crippen LogP contribution >= 0.6 is 0 Å². The monoisotopic (exact) mass is 282 g/mol. The average molecular weight is 282 g/mol. The van der Waals surface area contributed by atoms with Crippen LogP contribution in [0.5, 0.6) is 0 Å². The maximum absolute atomic E-state index is 13.3. The largest absolute Gasteiger partial charge is 0.308 e. The van der Waals surface area contributed by atoms with Gasteiger partial charge in [-0.25, -0.2) is 29.0 Å². The Bertz CT molecular complexity index is 610. The van der Waals surface area contributed by atoms with Crippen molar-refractivity contribution in [2.45, 2.75) is 20.3 Å². The lowest BCUT2D eigenvalue weighted by Crippen LogP contribution is -2.13. The molecule has 1 aromatic heterocycles. The first kappa shape index (κ1) is 14.3. The van der Waals surface area contributed by atoms with Gasteiger partial charge in [0.1, 0.15) is 5.82 Å². The second-order valence-corrected chi connectivity index (χ2v) is 4.22. The molecular weight excluding hydrogens is 269 g/mol. The van der Waals surface area contributed by atoms with Crippen LogP contribution in [0.1, 0.15) is 18.2 Å². The van der Waals surface area contributed by atoms with Crippen LogP contribution in [-0.4, -0.2) is 9.97 Å². The Balaban J connectivity index is 2.63. The van der Waals surface area contributed by atoms with Crippen molar-refractivity contribution in [3.8, 4) is 11.4 Å². The van der Waals surface area contributed by atoms with Gasteiger partial charge in [0.15, 0.2) is 23.3 Å². The smallest absolute Gasteiger partial charge is 0.194 e. The molecule has 7 heteroatoms. The molecule has 0 fully saturated rings. The van der Waals surface area contributed by atoms with E-state index in [-0.39, 0.29) is 11.4 Å². The van der Waals surface area contributed by atoms with E-state index in [1.165, 1.54) is 0 Å². The van der Waals surface area contributed by atoms with E-state index in [1.807, 2.05) is 6.92 Å². The fourth-order valence-corrected chi connectivity index (χ4v) is 1.86. The van der Waals surface area contributed by atoms with Gasteiger partial charge in [-0.05, 0) is 25.5 Å². The molecule has 3 N–H and O–H groups in total. The zero-order valence-electron chi connectivity index (χ0n) is 11.0. The Labute approximate surface area is 113 Å². The second-order valence-electron chi connectivity index (χ2n) is 4.22. The maximum Gasteiger partial charge on any atom is 0.194 e. The number of benzene rings is 1. The number of halogens is 3. The minimum Gasteiger partial charge on any atom is -0.308 e. The number of nitrogens with zero attached hydrogens (tertiary/aromatic N) is 2. The minimum atomic E-state index is -1.52. The molecule has 0 amide bonds. The summed E-state index contributed by atoms with van der Waals surface area (Å²) in [6.45, 7) is 3.66. The van der Waals surface area contributed by atoms with Gasteiger partial charge in [-0.3, -0.25) is 0 Å². The third-order valence-corrected chi connectivity index (χ3v) is 2.96. The van der Waals surface area contributed by atoms with E-state index >= 15 is 0 Å². The van der Waals surface area contributed by atoms with Crippen LogP contribution in [0.4, 0.5) is 19.0 Å². The Hall–Kier alpha value is -2.15. The van der Waals surface area contributed by atoms with Crippen molar-refractivity contribution in [3.05, 3.63) is 40.8 Å². The van der Waals surface area contributed by atoms with E-state index in [2.05, 4.69) is 15.4 Å². The van der Waals surface area contributed by atoms with E-state index in [0.29, 0.717) is 17.9 Å². The maximum atomic E-state index is 13.3. The quantitative estimate of drug-likeness (QED) is 0.516. The van der Waals surface area contributed by atoms with Gasteiger partial charge in [0.25, 0.3) is 0 Å². The summed E-state index contributed by atoms with van der Waals surface area (Å²) in [5, 5.41) is 0. The SMILES string of the molecule is CCc1nc(-c2cc(F)c(F)c(F)c2)nc(NN)c1C. The molecule has 0 bridgehead atoms. The summed E-state index contributed by atoms with van der Waals surface area (Å²) in [5.41, 5.74) is 3.90. The number of hydrogen-bond donors (Lipinski definition) is 2. The number of hydrogen-bond acceptors (Lipinski definition) is 4. The molecule has 0 aliphatic heterocycles. The Morgan fingerprint density at radius 2 is 1.75 bits per heavy atom. The number of nitrogens with two attached hydrogens (primary N) is 1. The number of aryl methyl sites for hydroxylation is 1. The summed E-state index contributed by atoms with van der Waals surface area (Å²) in [6.07, 6.45) is 0.599. The number of nitrogens with one attached hydrogen (secondary N) is 1. The first-order chi connectivity index (χ1) is 9.47. The molecular formula is C13H13F3N4. The van der Waals surface area contributed by atoms with Crippen molar-refractivity contribution in [3.63, 3.8) is 0 Å². The molecule has 2 rings (SSSR count). The van der Waals surface area contributed by atoms with E-state index in [1.54, 1.807) is 6.92 Å². The lowest BCUT2D eigenvalue weighted by Gasteiger charge is -2.11. The van der Waals surface area contributed by atoms with Gasteiger partial charge in [-0.15, -0.1) is 0 Å². The molecule has 0 aliphatic carbocycles. The van der Waals surface area contributed by atoms with E-state index in [9.17, 15) is 13.2 Å². The minimum absolute atomic E-state index is 0.0487. The van der Waals surface area contributed by atoms with Gasteiger partial charge >= 0.3 is 0 Å². The fraction of sp³-hybridized carbons (Fsp3) is 0.231. The molecule has 4 nitrogen and oxygen atoms in total. The van der Waals surface area contributed by atoms with Crippen LogP contribution in [0, 0.1) is 24.4 Å². The molecule has 106 valence electrons. The molecule has 0 unspecified atom stereocenters. The third kappa shape index (κ3) is 2.44. The number of rotatable bonds is 3. The number of aromatic nitrogens is 2. The number of anilines is 1. The molecule has 1 heterocycles. The summed E-state index contributed by atoms with van der Waals surface area (Å²) >= 11 is 0. The molecule has 0 saturated heterocycles. The Morgan fingerprint density at radius 1 is 1.15 bits per heavy atom. The summed E-state index contributed by atoms with van der Waals surface area (Å²) < 4.78 is 39.5. The van der Waals surface area contributed by atoms with Crippen LogP contribution in [0.2, 0.25) is 0 Å². The first-order valence-corrected chi connectivity index (χ1v) is 5.97. The lowest BCUT2D eigenvalue weighted by atomic mass is 10.1. The predicted octanol–water partition coefficient (Wildman–Crippen LogP) is 2.72. The van der Waals surface area contributed by atoms with Crippen LogP contribution in [-0.2, 0) is 6.42 Å². The topological polar surface area (TPSA) is 63.8 Å². The normalized spacial score (nSPS) is 10.7. The van der Waals surface area contributed by atoms with Crippen LogP contribution in [0.15, 0.2) is 12.1 Å². The standard InChI is InChI=1S/C13H13F3N4/c1-3-10-6(2)12(20-17)19-13(18-10)7-4-8(14)11(16)9(15)5-7/h4-5H,3,17H2,1-2H3,(H,18,19,20). The summed E-state index contributed by atoms with van der Waals surface area (Å²) in [6, 6.07) is 1.70. The van der Waals surface area contributed by atoms with E-state index in [0.717, 1.165) is 17.7 Å². The summed E-state index contributed by atoms with van der Waals surface area (Å²) in [5.74, 6) is 1.70. The summed E-state index contributed by atoms with van der Waals surface area (Å²) in [7, 11) is 0. The van der Waals surface area contributed by atoms with Crippen LogP contribution in [0.3, 0.4) is 0 Å². The number of hydrazine groups is 1. The average Bonchev–Trinajstić information content (AvgIpc) is 2.44. The van der Waals surface area contributed by atoms with Gasteiger partial charge in [0.05, 0.1) is 0 Å². The first-order valence-electron chi connectivity index (χ1n) is 5.97. The number of nitrogen functional groups attached to an aromatic ring is 1. The molecule has 1 aromatic carbocycles. The van der Waals surface area contributed by atoms with Crippen molar-refractivity contribution >= 4 is 5.82 Å². The Morgan fingerprint density at radius 3 is 2.25 bits per heavy atom. The molecule has 0 saturated carbocycles. The van der Waals surface area contributed by atoms with Gasteiger partial charge in [0, 0.05) is 16.8 Å². The van der Waals surface area contributed by atoms with Gasteiger partial charge in [-0.2, -0.15) is 0 Å². The van der Waals surface area contributed by atoms with Crippen molar-refractivity contribution in [1.82, 2.24) is 9.97 Å². The van der Waals surface area contributed by atoms with Gasteiger partial charge < -0.3 is 5.43 Å².